The number of rotatable bonds is 2. The summed E-state index contributed by atoms with van der Waals surface area (Å²) in [6.07, 6.45) is -0.160. The lowest BCUT2D eigenvalue weighted by Crippen LogP contribution is -2.47. The molecule has 3 atom stereocenters. The number of nitrogens with two attached hydrogens (primary N) is 1. The average Bonchev–Trinajstić information content (AvgIpc) is 3.12. The topological polar surface area (TPSA) is 94.7 Å². The Morgan fingerprint density at radius 2 is 1.84 bits per heavy atom. The minimum absolute atomic E-state index is 0.0317. The summed E-state index contributed by atoms with van der Waals surface area (Å²) in [6, 6.07) is 2.74. The predicted molar refractivity (Wildman–Crippen MR) is 84.8 cm³/mol. The molecule has 2 aliphatic rings. The fourth-order valence-electron chi connectivity index (χ4n) is 3.76. The fourth-order valence-corrected chi connectivity index (χ4v) is 3.76. The highest BCUT2D eigenvalue weighted by atomic mass is 19.1. The van der Waals surface area contributed by atoms with Gasteiger partial charge in [0, 0.05) is 41.9 Å². The number of fused-ring (bicyclic) bond motifs is 1. The maximum absolute atomic E-state index is 14.0. The Morgan fingerprint density at radius 1 is 1.16 bits per heavy atom. The molecule has 0 amide bonds. The third-order valence-electron chi connectivity index (χ3n) is 5.08. The van der Waals surface area contributed by atoms with Gasteiger partial charge in [0.25, 0.3) is 0 Å². The van der Waals surface area contributed by atoms with Crippen molar-refractivity contribution in [3.63, 3.8) is 0 Å². The van der Waals surface area contributed by atoms with Gasteiger partial charge >= 0.3 is 0 Å². The number of aromatic nitrogens is 1. The zero-order valence-corrected chi connectivity index (χ0v) is 13.4. The number of nitrogens with zero attached hydrogens (tertiary/aromatic N) is 1. The molecule has 134 valence electrons. The van der Waals surface area contributed by atoms with Crippen molar-refractivity contribution >= 4 is 0 Å². The van der Waals surface area contributed by atoms with Crippen molar-refractivity contribution in [1.29, 1.82) is 0 Å². The highest BCUT2D eigenvalue weighted by Crippen LogP contribution is 2.39. The van der Waals surface area contributed by atoms with Gasteiger partial charge in [0.2, 0.25) is 0 Å². The quantitative estimate of drug-likeness (QED) is 0.663. The van der Waals surface area contributed by atoms with E-state index in [0.717, 1.165) is 18.2 Å². The van der Waals surface area contributed by atoms with Gasteiger partial charge in [-0.25, -0.2) is 8.78 Å². The lowest BCUT2D eigenvalue weighted by Gasteiger charge is -2.38. The van der Waals surface area contributed by atoms with Gasteiger partial charge in [0.15, 0.2) is 11.8 Å². The molecule has 1 fully saturated rings. The maximum Gasteiger partial charge on any atom is 0.196 e. The van der Waals surface area contributed by atoms with Gasteiger partial charge < -0.3 is 20.7 Å². The molecule has 1 aromatic carbocycles. The summed E-state index contributed by atoms with van der Waals surface area (Å²) in [6.45, 7) is 1.25. The lowest BCUT2D eigenvalue weighted by molar-refractivity contribution is -0.0533. The third-order valence-corrected chi connectivity index (χ3v) is 5.08. The van der Waals surface area contributed by atoms with Crippen LogP contribution in [0.1, 0.15) is 29.2 Å². The van der Waals surface area contributed by atoms with E-state index in [1.54, 1.807) is 0 Å². The molecule has 0 bridgehead atoms. The number of benzene rings is 1. The van der Waals surface area contributed by atoms with Gasteiger partial charge in [0.05, 0.1) is 6.61 Å². The van der Waals surface area contributed by atoms with Crippen LogP contribution in [-0.2, 0) is 17.8 Å². The molecule has 6 nitrogen and oxygen atoms in total. The van der Waals surface area contributed by atoms with Crippen LogP contribution in [0.5, 0.6) is 11.8 Å². The van der Waals surface area contributed by atoms with Gasteiger partial charge in [-0.05, 0) is 24.6 Å². The lowest BCUT2D eigenvalue weighted by atomic mass is 9.93. The van der Waals surface area contributed by atoms with Crippen LogP contribution in [0.3, 0.4) is 0 Å². The van der Waals surface area contributed by atoms with E-state index in [-0.39, 0.29) is 23.4 Å². The Morgan fingerprint density at radius 3 is 2.48 bits per heavy atom. The zero-order valence-electron chi connectivity index (χ0n) is 13.4. The Bertz CT molecular complexity index is 784. The summed E-state index contributed by atoms with van der Waals surface area (Å²) in [5.41, 5.74) is 7.66. The van der Waals surface area contributed by atoms with Crippen LogP contribution in [-0.4, -0.2) is 38.8 Å². The Hall–Kier alpha value is -2.16. The molecule has 0 radical (unpaired) electrons. The highest BCUT2D eigenvalue weighted by Gasteiger charge is 2.38. The van der Waals surface area contributed by atoms with Crippen molar-refractivity contribution in [2.45, 2.75) is 37.7 Å². The molecule has 25 heavy (non-hydrogen) atoms. The SMILES string of the molecule is NC1CC(N2Cc3c(O)[nH]c(O)c3C2)COC1c1cc(F)ccc1F. The van der Waals surface area contributed by atoms with E-state index in [4.69, 9.17) is 10.5 Å². The van der Waals surface area contributed by atoms with Crippen LogP contribution in [0, 0.1) is 11.6 Å². The molecule has 0 saturated carbocycles. The van der Waals surface area contributed by atoms with E-state index in [1.807, 2.05) is 0 Å². The van der Waals surface area contributed by atoms with Crippen LogP contribution < -0.4 is 5.73 Å². The number of aromatic hydroxyl groups is 2. The smallest absolute Gasteiger partial charge is 0.196 e. The van der Waals surface area contributed by atoms with E-state index < -0.39 is 23.8 Å². The Kier molecular flexibility index (Phi) is 3.90. The molecule has 3 unspecified atom stereocenters. The largest absolute Gasteiger partial charge is 0.494 e. The van der Waals surface area contributed by atoms with Crippen molar-refractivity contribution in [3.05, 3.63) is 46.5 Å². The van der Waals surface area contributed by atoms with Crippen molar-refractivity contribution in [3.8, 4) is 11.8 Å². The molecule has 8 heteroatoms. The maximum atomic E-state index is 14.0. The predicted octanol–water partition coefficient (Wildman–Crippen LogP) is 1.88. The molecule has 0 spiro atoms. The molecule has 1 aromatic heterocycles. The Balaban J connectivity index is 1.47. The van der Waals surface area contributed by atoms with E-state index in [2.05, 4.69) is 9.88 Å². The van der Waals surface area contributed by atoms with Gasteiger partial charge in [-0.1, -0.05) is 0 Å². The van der Waals surface area contributed by atoms with Crippen molar-refractivity contribution < 1.29 is 23.7 Å². The van der Waals surface area contributed by atoms with Crippen LogP contribution in [0.4, 0.5) is 8.78 Å². The molecule has 3 heterocycles. The molecular formula is C17H19F2N3O3. The third kappa shape index (κ3) is 2.76. The van der Waals surface area contributed by atoms with Crippen molar-refractivity contribution in [2.75, 3.05) is 6.61 Å². The summed E-state index contributed by atoms with van der Waals surface area (Å²) in [5, 5.41) is 19.6. The molecule has 2 aliphatic heterocycles. The van der Waals surface area contributed by atoms with Gasteiger partial charge in [0.1, 0.15) is 17.7 Å². The number of ether oxygens (including phenoxy) is 1. The Labute approximate surface area is 142 Å². The van der Waals surface area contributed by atoms with Crippen molar-refractivity contribution in [1.82, 2.24) is 9.88 Å². The number of H-pyrrole nitrogens is 1. The molecule has 1 saturated heterocycles. The number of nitrogens with one attached hydrogen (secondary N) is 1. The monoisotopic (exact) mass is 351 g/mol. The second-order valence-electron chi connectivity index (χ2n) is 6.66. The van der Waals surface area contributed by atoms with E-state index in [9.17, 15) is 19.0 Å². The summed E-state index contributed by atoms with van der Waals surface area (Å²) in [4.78, 5) is 4.55. The summed E-state index contributed by atoms with van der Waals surface area (Å²) in [7, 11) is 0. The minimum atomic E-state index is -0.698. The first-order valence-electron chi connectivity index (χ1n) is 8.12. The van der Waals surface area contributed by atoms with Gasteiger partial charge in [-0.2, -0.15) is 0 Å². The first-order valence-corrected chi connectivity index (χ1v) is 8.12. The highest BCUT2D eigenvalue weighted by molar-refractivity contribution is 5.45. The fraction of sp³-hybridized carbons (Fsp3) is 0.412. The van der Waals surface area contributed by atoms with Crippen LogP contribution >= 0.6 is 0 Å². The number of hydrogen-bond donors (Lipinski definition) is 4. The summed E-state index contributed by atoms with van der Waals surface area (Å²) >= 11 is 0. The summed E-state index contributed by atoms with van der Waals surface area (Å²) < 4.78 is 33.2. The summed E-state index contributed by atoms with van der Waals surface area (Å²) in [5.74, 6) is -1.13. The second kappa shape index (κ2) is 5.98. The molecule has 0 aliphatic carbocycles. The van der Waals surface area contributed by atoms with Crippen LogP contribution in [0.2, 0.25) is 0 Å². The van der Waals surface area contributed by atoms with Crippen LogP contribution in [0.15, 0.2) is 18.2 Å². The van der Waals surface area contributed by atoms with Gasteiger partial charge in [-0.3, -0.25) is 9.88 Å². The molecule has 5 N–H and O–H groups in total. The molecular weight excluding hydrogens is 332 g/mol. The molecule has 4 rings (SSSR count). The minimum Gasteiger partial charge on any atom is -0.494 e. The van der Waals surface area contributed by atoms with E-state index in [1.165, 1.54) is 0 Å². The first-order chi connectivity index (χ1) is 11.9. The number of hydrogen-bond acceptors (Lipinski definition) is 5. The average molecular weight is 351 g/mol. The molecule has 2 aromatic rings. The van der Waals surface area contributed by atoms with E-state index >= 15 is 0 Å². The number of aromatic amines is 1. The normalized spacial score (nSPS) is 26.8. The van der Waals surface area contributed by atoms with Gasteiger partial charge in [-0.15, -0.1) is 0 Å². The van der Waals surface area contributed by atoms with Crippen LogP contribution in [0.25, 0.3) is 0 Å². The zero-order chi connectivity index (χ0) is 17.7. The second-order valence-corrected chi connectivity index (χ2v) is 6.66. The standard InChI is InChI=1S/C17H19F2N3O3/c18-8-1-2-13(19)10(3-8)15-14(20)4-9(7-25-15)22-5-11-12(6-22)17(24)21-16(11)23/h1-3,9,14-15,21,23-24H,4-7,20H2. The van der Waals surface area contributed by atoms with E-state index in [0.29, 0.717) is 37.2 Å². The van der Waals surface area contributed by atoms with Crippen molar-refractivity contribution in [2.24, 2.45) is 5.73 Å². The first kappa shape index (κ1) is 16.3. The number of halogens is 2.